The molecule has 0 saturated carbocycles. The highest BCUT2D eigenvalue weighted by molar-refractivity contribution is 6.20. The number of aliphatic hydroxyl groups is 2. The molecule has 0 saturated heterocycles. The van der Waals surface area contributed by atoms with Crippen molar-refractivity contribution in [2.24, 2.45) is 0 Å². The predicted molar refractivity (Wildman–Crippen MR) is 28.4 cm³/mol. The number of hydrogen-bond donors (Lipinski definition) is 2. The lowest BCUT2D eigenvalue weighted by atomic mass is 10.3. The van der Waals surface area contributed by atoms with Crippen LogP contribution < -0.4 is 0 Å². The molecular weight excluding hydrogens is 115 g/mol. The molecule has 2 atom stereocenters. The second kappa shape index (κ2) is 3.24. The highest BCUT2D eigenvalue weighted by Gasteiger charge is 2.07. The van der Waals surface area contributed by atoms with Crippen molar-refractivity contribution in [3.63, 3.8) is 0 Å². The zero-order chi connectivity index (χ0) is 5.86. The fourth-order valence-electron chi connectivity index (χ4n) is 0.145. The highest BCUT2D eigenvalue weighted by Crippen LogP contribution is 1.98. The van der Waals surface area contributed by atoms with E-state index in [9.17, 15) is 0 Å². The summed E-state index contributed by atoms with van der Waals surface area (Å²) in [7, 11) is 0. The zero-order valence-corrected chi connectivity index (χ0v) is 4.89. The Bertz CT molecular complexity index is 47.0. The summed E-state index contributed by atoms with van der Waals surface area (Å²) in [6.45, 7) is 1.37. The van der Waals surface area contributed by atoms with Gasteiger partial charge in [-0.3, -0.25) is 0 Å². The molecule has 0 fully saturated rings. The molecular formula is C4H9ClO2. The van der Waals surface area contributed by atoms with E-state index in [1.54, 1.807) is 6.92 Å². The Hall–Kier alpha value is 0.210. The predicted octanol–water partition coefficient (Wildman–Crippen LogP) is -0.0331. The van der Waals surface area contributed by atoms with Crippen LogP contribution in [0.15, 0.2) is 0 Å². The molecule has 0 aromatic heterocycles. The molecule has 0 spiro atoms. The molecule has 0 amide bonds. The first-order valence-corrected chi connectivity index (χ1v) is 2.55. The molecule has 0 aromatic carbocycles. The molecule has 7 heavy (non-hydrogen) atoms. The van der Waals surface area contributed by atoms with Gasteiger partial charge < -0.3 is 10.2 Å². The third kappa shape index (κ3) is 2.85. The second-order valence-corrected chi connectivity index (χ2v) is 2.12. The molecule has 0 aliphatic rings. The normalized spacial score (nSPS) is 18.9. The van der Waals surface area contributed by atoms with Crippen LogP contribution in [0.1, 0.15) is 6.92 Å². The van der Waals surface area contributed by atoms with Gasteiger partial charge in [0.25, 0.3) is 0 Å². The monoisotopic (exact) mass is 124 g/mol. The smallest absolute Gasteiger partial charge is 0.0931 e. The molecule has 0 aromatic rings. The number of alkyl halides is 1. The highest BCUT2D eigenvalue weighted by atomic mass is 35.5. The van der Waals surface area contributed by atoms with E-state index in [4.69, 9.17) is 21.8 Å². The number of aliphatic hydroxyl groups excluding tert-OH is 2. The number of rotatable bonds is 2. The largest absolute Gasteiger partial charge is 0.394 e. The van der Waals surface area contributed by atoms with E-state index in [-0.39, 0.29) is 12.0 Å². The fourth-order valence-corrected chi connectivity index (χ4v) is 0.225. The second-order valence-electron chi connectivity index (χ2n) is 1.43. The summed E-state index contributed by atoms with van der Waals surface area (Å²) < 4.78 is 0. The summed E-state index contributed by atoms with van der Waals surface area (Å²) >= 11 is 5.32. The van der Waals surface area contributed by atoms with Gasteiger partial charge in [-0.2, -0.15) is 0 Å². The van der Waals surface area contributed by atoms with E-state index in [2.05, 4.69) is 0 Å². The van der Waals surface area contributed by atoms with Crippen LogP contribution in [0.4, 0.5) is 0 Å². The van der Waals surface area contributed by atoms with Gasteiger partial charge in [-0.1, -0.05) is 0 Å². The average molecular weight is 125 g/mol. The Morgan fingerprint density at radius 1 is 1.71 bits per heavy atom. The van der Waals surface area contributed by atoms with Crippen molar-refractivity contribution in [2.45, 2.75) is 18.4 Å². The van der Waals surface area contributed by atoms with Crippen LogP contribution in [-0.4, -0.2) is 28.3 Å². The minimum Gasteiger partial charge on any atom is -0.394 e. The molecule has 0 bridgehead atoms. The van der Waals surface area contributed by atoms with Crippen molar-refractivity contribution >= 4 is 11.6 Å². The van der Waals surface area contributed by atoms with E-state index >= 15 is 0 Å². The Labute approximate surface area is 47.7 Å². The summed E-state index contributed by atoms with van der Waals surface area (Å²) in [6, 6.07) is 0. The Morgan fingerprint density at radius 2 is 2.14 bits per heavy atom. The molecule has 2 N–H and O–H groups in total. The molecule has 2 unspecified atom stereocenters. The van der Waals surface area contributed by atoms with Gasteiger partial charge >= 0.3 is 0 Å². The maximum absolute atomic E-state index is 8.55. The van der Waals surface area contributed by atoms with Crippen LogP contribution in [0.3, 0.4) is 0 Å². The van der Waals surface area contributed by atoms with Crippen LogP contribution in [0.2, 0.25) is 0 Å². The molecule has 0 aliphatic carbocycles. The quantitative estimate of drug-likeness (QED) is 0.508. The topological polar surface area (TPSA) is 40.5 Å². The first-order chi connectivity index (χ1) is 3.18. The van der Waals surface area contributed by atoms with Gasteiger partial charge in [0.2, 0.25) is 0 Å². The molecule has 44 valence electrons. The van der Waals surface area contributed by atoms with Gasteiger partial charge in [-0.05, 0) is 6.92 Å². The van der Waals surface area contributed by atoms with Gasteiger partial charge in [0, 0.05) is 0 Å². The minimum atomic E-state index is -0.776. The Kier molecular flexibility index (Phi) is 3.34. The van der Waals surface area contributed by atoms with E-state index in [0.717, 1.165) is 0 Å². The summed E-state index contributed by atoms with van der Waals surface area (Å²) in [5.41, 5.74) is 0. The Morgan fingerprint density at radius 3 is 2.14 bits per heavy atom. The summed E-state index contributed by atoms with van der Waals surface area (Å²) in [4.78, 5) is 0. The van der Waals surface area contributed by atoms with Crippen LogP contribution in [0.25, 0.3) is 0 Å². The summed E-state index contributed by atoms with van der Waals surface area (Å²) in [6.07, 6.45) is -0.776. The van der Waals surface area contributed by atoms with Crippen molar-refractivity contribution in [1.82, 2.24) is 0 Å². The summed E-state index contributed by atoms with van der Waals surface area (Å²) in [5, 5.41) is 16.4. The molecule has 0 radical (unpaired) electrons. The maximum Gasteiger partial charge on any atom is 0.0931 e. The SMILES string of the molecule is CC(Cl)C(O)CO. The van der Waals surface area contributed by atoms with Gasteiger partial charge in [-0.15, -0.1) is 11.6 Å². The molecule has 2 nitrogen and oxygen atoms in total. The zero-order valence-electron chi connectivity index (χ0n) is 4.13. The average Bonchev–Trinajstić information content (AvgIpc) is 1.65. The van der Waals surface area contributed by atoms with E-state index in [0.29, 0.717) is 0 Å². The van der Waals surface area contributed by atoms with Gasteiger partial charge in [0.1, 0.15) is 0 Å². The van der Waals surface area contributed by atoms with Crippen molar-refractivity contribution in [3.8, 4) is 0 Å². The van der Waals surface area contributed by atoms with E-state index < -0.39 is 6.10 Å². The van der Waals surface area contributed by atoms with Crippen molar-refractivity contribution < 1.29 is 10.2 Å². The third-order valence-corrected chi connectivity index (χ3v) is 1.01. The Balaban J connectivity index is 3.14. The first-order valence-electron chi connectivity index (χ1n) is 2.11. The lowest BCUT2D eigenvalue weighted by Gasteiger charge is -2.06. The van der Waals surface area contributed by atoms with Gasteiger partial charge in [0.15, 0.2) is 0 Å². The standard InChI is InChI=1S/C4H9ClO2/c1-3(5)4(7)2-6/h3-4,6-7H,2H2,1H3. The van der Waals surface area contributed by atoms with Gasteiger partial charge in [-0.25, -0.2) is 0 Å². The lowest BCUT2D eigenvalue weighted by Crippen LogP contribution is -2.21. The molecule has 0 aliphatic heterocycles. The van der Waals surface area contributed by atoms with Crippen molar-refractivity contribution in [3.05, 3.63) is 0 Å². The van der Waals surface area contributed by atoms with Crippen molar-refractivity contribution in [2.75, 3.05) is 6.61 Å². The fraction of sp³-hybridized carbons (Fsp3) is 1.00. The van der Waals surface area contributed by atoms with Gasteiger partial charge in [0.05, 0.1) is 18.1 Å². The minimum absolute atomic E-state index is 0.259. The lowest BCUT2D eigenvalue weighted by molar-refractivity contribution is 0.0950. The number of halogens is 1. The van der Waals surface area contributed by atoms with E-state index in [1.807, 2.05) is 0 Å². The molecule has 0 rings (SSSR count). The summed E-state index contributed by atoms with van der Waals surface area (Å²) in [5.74, 6) is 0. The van der Waals surface area contributed by atoms with Crippen LogP contribution in [-0.2, 0) is 0 Å². The van der Waals surface area contributed by atoms with Crippen molar-refractivity contribution in [1.29, 1.82) is 0 Å². The first kappa shape index (κ1) is 7.21. The third-order valence-electron chi connectivity index (χ3n) is 0.717. The van der Waals surface area contributed by atoms with Crippen LogP contribution in [0.5, 0.6) is 0 Å². The molecule has 3 heteroatoms. The maximum atomic E-state index is 8.55. The van der Waals surface area contributed by atoms with E-state index in [1.165, 1.54) is 0 Å². The molecule has 0 heterocycles. The van der Waals surface area contributed by atoms with Crippen LogP contribution >= 0.6 is 11.6 Å². The number of hydrogen-bond acceptors (Lipinski definition) is 2. The van der Waals surface area contributed by atoms with Crippen LogP contribution in [0, 0.1) is 0 Å².